The van der Waals surface area contributed by atoms with Gasteiger partial charge < -0.3 is 5.32 Å². The Bertz CT molecular complexity index is 862. The molecule has 1 heterocycles. The Labute approximate surface area is 148 Å². The largest absolute Gasteiger partial charge is 0.344 e. The monoisotopic (exact) mass is 369 g/mol. The second kappa shape index (κ2) is 7.32. The van der Waals surface area contributed by atoms with E-state index < -0.39 is 17.5 Å². The van der Waals surface area contributed by atoms with Gasteiger partial charge in [0.25, 0.3) is 5.56 Å². The van der Waals surface area contributed by atoms with Crippen LogP contribution in [0.25, 0.3) is 10.9 Å². The average Bonchev–Trinajstić information content (AvgIpc) is 2.47. The molecule has 0 aliphatic carbocycles. The van der Waals surface area contributed by atoms with Gasteiger partial charge in [0, 0.05) is 5.02 Å². The van der Waals surface area contributed by atoms with Crippen LogP contribution in [0, 0.1) is 5.92 Å². The summed E-state index contributed by atoms with van der Waals surface area (Å²) in [6.45, 7) is 4.83. The van der Waals surface area contributed by atoms with Crippen LogP contribution < -0.4 is 10.9 Å². The summed E-state index contributed by atoms with van der Waals surface area (Å²) in [4.78, 5) is 40.3. The van der Waals surface area contributed by atoms with Crippen LogP contribution in [0.1, 0.15) is 20.8 Å². The smallest absolute Gasteiger partial charge is 0.261 e. The molecule has 0 saturated carbocycles. The molecule has 24 heavy (non-hydrogen) atoms. The van der Waals surface area contributed by atoms with Gasteiger partial charge >= 0.3 is 0 Å². The Balaban J connectivity index is 2.30. The zero-order chi connectivity index (χ0) is 18.0. The van der Waals surface area contributed by atoms with Crippen molar-refractivity contribution in [2.24, 2.45) is 5.92 Å². The van der Waals surface area contributed by atoms with E-state index in [4.69, 9.17) is 23.2 Å². The lowest BCUT2D eigenvalue weighted by molar-refractivity contribution is -0.128. The number of amides is 1. The lowest BCUT2D eigenvalue weighted by Gasteiger charge is -2.19. The normalized spacial score (nSPS) is 12.4. The average molecular weight is 370 g/mol. The number of benzene rings is 1. The number of carbonyl (C=O) groups excluding carboxylic acids is 2. The predicted octanol–water partition coefficient (Wildman–Crippen LogP) is 2.43. The third-order valence-corrected chi connectivity index (χ3v) is 4.09. The van der Waals surface area contributed by atoms with Gasteiger partial charge in [-0.3, -0.25) is 19.0 Å². The van der Waals surface area contributed by atoms with E-state index in [0.717, 1.165) is 4.57 Å². The summed E-state index contributed by atoms with van der Waals surface area (Å²) in [6, 6.07) is 2.36. The molecule has 0 bridgehead atoms. The van der Waals surface area contributed by atoms with Crippen LogP contribution in [-0.2, 0) is 16.1 Å². The summed E-state index contributed by atoms with van der Waals surface area (Å²) in [5.74, 6) is -0.628. The van der Waals surface area contributed by atoms with E-state index in [0.29, 0.717) is 10.5 Å². The number of hydrogen-bond acceptors (Lipinski definition) is 4. The molecule has 1 aromatic carbocycles. The second-order valence-electron chi connectivity index (χ2n) is 5.86. The van der Waals surface area contributed by atoms with Crippen molar-refractivity contribution in [1.29, 1.82) is 0 Å². The summed E-state index contributed by atoms with van der Waals surface area (Å²) < 4.78 is 1.15. The predicted molar refractivity (Wildman–Crippen MR) is 93.5 cm³/mol. The van der Waals surface area contributed by atoms with Gasteiger partial charge in [-0.25, -0.2) is 4.98 Å². The van der Waals surface area contributed by atoms with Crippen LogP contribution in [0.3, 0.4) is 0 Å². The molecule has 0 aliphatic heterocycles. The number of aromatic nitrogens is 2. The molecule has 6 nitrogen and oxygen atoms in total. The third kappa shape index (κ3) is 3.94. The first kappa shape index (κ1) is 18.4. The van der Waals surface area contributed by atoms with E-state index in [1.165, 1.54) is 25.4 Å². The number of hydrogen-bond donors (Lipinski definition) is 1. The van der Waals surface area contributed by atoms with Crippen LogP contribution in [0.5, 0.6) is 0 Å². The van der Waals surface area contributed by atoms with E-state index in [9.17, 15) is 14.4 Å². The highest BCUT2D eigenvalue weighted by atomic mass is 35.5. The van der Waals surface area contributed by atoms with Crippen molar-refractivity contribution in [2.45, 2.75) is 33.4 Å². The van der Waals surface area contributed by atoms with Crippen molar-refractivity contribution in [3.63, 3.8) is 0 Å². The Hall–Kier alpha value is -1.92. The van der Waals surface area contributed by atoms with Crippen molar-refractivity contribution in [3.05, 3.63) is 38.9 Å². The van der Waals surface area contributed by atoms with Crippen molar-refractivity contribution < 1.29 is 9.59 Å². The van der Waals surface area contributed by atoms with E-state index in [-0.39, 0.29) is 28.7 Å². The van der Waals surface area contributed by atoms with Crippen molar-refractivity contribution in [1.82, 2.24) is 14.9 Å². The van der Waals surface area contributed by atoms with Crippen molar-refractivity contribution >= 4 is 45.8 Å². The summed E-state index contributed by atoms with van der Waals surface area (Å²) in [5.41, 5.74) is -0.102. The van der Waals surface area contributed by atoms with Crippen LogP contribution >= 0.6 is 23.2 Å². The van der Waals surface area contributed by atoms with Gasteiger partial charge in [0.1, 0.15) is 6.54 Å². The molecule has 2 rings (SSSR count). The number of carbonyl (C=O) groups is 2. The van der Waals surface area contributed by atoms with Crippen LogP contribution in [0.4, 0.5) is 0 Å². The molecular formula is C16H17Cl2N3O3. The molecule has 1 atom stereocenters. The maximum atomic E-state index is 12.5. The maximum absolute atomic E-state index is 12.5. The van der Waals surface area contributed by atoms with E-state index in [2.05, 4.69) is 10.3 Å². The molecule has 1 amide bonds. The number of rotatable bonds is 5. The number of nitrogens with zero attached hydrogens (tertiary/aromatic N) is 2. The van der Waals surface area contributed by atoms with Gasteiger partial charge in [-0.15, -0.1) is 0 Å². The van der Waals surface area contributed by atoms with E-state index in [1.807, 2.05) is 13.8 Å². The number of ketones is 1. The van der Waals surface area contributed by atoms with E-state index >= 15 is 0 Å². The van der Waals surface area contributed by atoms with Crippen LogP contribution in [0.2, 0.25) is 10.0 Å². The minimum Gasteiger partial charge on any atom is -0.344 e. The highest BCUT2D eigenvalue weighted by Gasteiger charge is 2.21. The zero-order valence-electron chi connectivity index (χ0n) is 13.5. The fraction of sp³-hybridized carbons (Fsp3) is 0.375. The fourth-order valence-corrected chi connectivity index (χ4v) is 2.96. The first-order chi connectivity index (χ1) is 11.2. The first-order valence-electron chi connectivity index (χ1n) is 7.34. The molecule has 1 N–H and O–H groups in total. The lowest BCUT2D eigenvalue weighted by atomic mass is 10.0. The zero-order valence-corrected chi connectivity index (χ0v) is 15.0. The Kier molecular flexibility index (Phi) is 5.62. The standard InChI is InChI=1S/C16H17Cl2N3O3/c1-8(2)14(9(3)22)20-13(23)6-21-7-19-15-11(16(21)24)4-10(17)5-12(15)18/h4-5,7-8,14H,6H2,1-3H3,(H,20,23)/t14-/m1/s1. The van der Waals surface area contributed by atoms with Gasteiger partial charge in [0.15, 0.2) is 5.78 Å². The topological polar surface area (TPSA) is 81.1 Å². The molecular weight excluding hydrogens is 353 g/mol. The van der Waals surface area contributed by atoms with Crippen molar-refractivity contribution in [3.8, 4) is 0 Å². The summed E-state index contributed by atoms with van der Waals surface area (Å²) >= 11 is 11.9. The minimum absolute atomic E-state index is 0.0458. The fourth-order valence-electron chi connectivity index (χ4n) is 2.42. The second-order valence-corrected chi connectivity index (χ2v) is 6.70. The Morgan fingerprint density at radius 2 is 1.96 bits per heavy atom. The van der Waals surface area contributed by atoms with Gasteiger partial charge in [0.2, 0.25) is 5.91 Å². The van der Waals surface area contributed by atoms with Gasteiger partial charge in [-0.1, -0.05) is 37.0 Å². The minimum atomic E-state index is -0.592. The number of nitrogens with one attached hydrogen (secondary N) is 1. The molecule has 0 aliphatic rings. The molecule has 1 aromatic heterocycles. The Morgan fingerprint density at radius 1 is 1.29 bits per heavy atom. The molecule has 0 radical (unpaired) electrons. The quantitative estimate of drug-likeness (QED) is 0.877. The van der Waals surface area contributed by atoms with Crippen molar-refractivity contribution in [2.75, 3.05) is 0 Å². The van der Waals surface area contributed by atoms with Gasteiger partial charge in [-0.05, 0) is 25.0 Å². The van der Waals surface area contributed by atoms with Gasteiger partial charge in [-0.2, -0.15) is 0 Å². The molecule has 128 valence electrons. The third-order valence-electron chi connectivity index (χ3n) is 3.58. The molecule has 2 aromatic rings. The molecule has 8 heteroatoms. The molecule has 0 unspecified atom stereocenters. The first-order valence-corrected chi connectivity index (χ1v) is 8.10. The molecule has 0 saturated heterocycles. The number of Topliss-reactive ketones (excluding diaryl/α,β-unsaturated/α-hetero) is 1. The van der Waals surface area contributed by atoms with Gasteiger partial charge in [0.05, 0.1) is 28.3 Å². The number of fused-ring (bicyclic) bond motifs is 1. The lowest BCUT2D eigenvalue weighted by Crippen LogP contribution is -2.45. The van der Waals surface area contributed by atoms with Crippen LogP contribution in [-0.4, -0.2) is 27.3 Å². The van der Waals surface area contributed by atoms with Crippen LogP contribution in [0.15, 0.2) is 23.3 Å². The number of halogens is 2. The SMILES string of the molecule is CC(=O)[C@H](NC(=O)Cn1cnc2c(Cl)cc(Cl)cc2c1=O)C(C)C. The maximum Gasteiger partial charge on any atom is 0.261 e. The van der Waals surface area contributed by atoms with E-state index in [1.54, 1.807) is 0 Å². The Morgan fingerprint density at radius 3 is 2.54 bits per heavy atom. The summed E-state index contributed by atoms with van der Waals surface area (Å²) in [5, 5.41) is 3.44. The highest BCUT2D eigenvalue weighted by Crippen LogP contribution is 2.23. The summed E-state index contributed by atoms with van der Waals surface area (Å²) in [6.07, 6.45) is 1.25. The molecule has 0 fully saturated rings. The molecule has 0 spiro atoms. The summed E-state index contributed by atoms with van der Waals surface area (Å²) in [7, 11) is 0. The highest BCUT2D eigenvalue weighted by molar-refractivity contribution is 6.38.